The van der Waals surface area contributed by atoms with Gasteiger partial charge in [0.1, 0.15) is 6.54 Å². The first kappa shape index (κ1) is 17.2. The summed E-state index contributed by atoms with van der Waals surface area (Å²) in [5.74, 6) is -0.139. The van der Waals surface area contributed by atoms with Crippen LogP contribution in [0.25, 0.3) is 0 Å². The van der Waals surface area contributed by atoms with Crippen LogP contribution in [0.4, 0.5) is 11.4 Å². The lowest BCUT2D eigenvalue weighted by molar-refractivity contribution is -0.884. The Morgan fingerprint density at radius 1 is 1.09 bits per heavy atom. The molecule has 2 amide bonds. The van der Waals surface area contributed by atoms with Crippen LogP contribution in [0.3, 0.4) is 0 Å². The number of quaternary nitrogens is 1. The van der Waals surface area contributed by atoms with Gasteiger partial charge in [-0.15, -0.1) is 11.3 Å². The number of rotatable bonds is 6. The molecule has 0 fully saturated rings. The summed E-state index contributed by atoms with van der Waals surface area (Å²) < 4.78 is 0. The van der Waals surface area contributed by atoms with E-state index in [9.17, 15) is 9.59 Å². The number of carbonyl (C=O) groups excluding carboxylic acids is 2. The third-order valence-electron chi connectivity index (χ3n) is 3.38. The zero-order valence-corrected chi connectivity index (χ0v) is 14.4. The lowest BCUT2D eigenvalue weighted by Gasteiger charge is -2.13. The summed E-state index contributed by atoms with van der Waals surface area (Å²) in [6, 6.07) is 9.19. The highest BCUT2D eigenvalue weighted by Gasteiger charge is 2.12. The molecule has 1 heterocycles. The number of hydrogen-bond acceptors (Lipinski definition) is 3. The number of hydrogen-bond donors (Lipinski definition) is 3. The van der Waals surface area contributed by atoms with Crippen LogP contribution in [-0.2, 0) is 16.1 Å². The fourth-order valence-electron chi connectivity index (χ4n) is 2.24. The van der Waals surface area contributed by atoms with Gasteiger partial charge in [0.15, 0.2) is 6.54 Å². The van der Waals surface area contributed by atoms with Crippen molar-refractivity contribution in [2.75, 3.05) is 24.2 Å². The summed E-state index contributed by atoms with van der Waals surface area (Å²) in [5.41, 5.74) is 2.72. The number of anilines is 2. The number of thiophene rings is 1. The van der Waals surface area contributed by atoms with E-state index in [1.807, 2.05) is 7.05 Å². The van der Waals surface area contributed by atoms with Gasteiger partial charge in [-0.1, -0.05) is 0 Å². The number of likely N-dealkylation sites (N-methyl/N-ethyl adjacent to an activating group) is 1. The van der Waals surface area contributed by atoms with Crippen molar-refractivity contribution in [2.45, 2.75) is 20.4 Å². The van der Waals surface area contributed by atoms with Crippen molar-refractivity contribution in [1.29, 1.82) is 0 Å². The van der Waals surface area contributed by atoms with Crippen LogP contribution in [0.5, 0.6) is 0 Å². The van der Waals surface area contributed by atoms with Gasteiger partial charge in [0, 0.05) is 18.3 Å². The maximum absolute atomic E-state index is 12.1. The van der Waals surface area contributed by atoms with Crippen LogP contribution in [0.15, 0.2) is 35.7 Å². The molecule has 1 aromatic carbocycles. The van der Waals surface area contributed by atoms with Gasteiger partial charge in [0.05, 0.1) is 11.9 Å². The number of benzene rings is 1. The van der Waals surface area contributed by atoms with E-state index < -0.39 is 0 Å². The molecule has 5 nitrogen and oxygen atoms in total. The normalized spacial score (nSPS) is 11.8. The molecule has 0 bridgehead atoms. The van der Waals surface area contributed by atoms with Crippen molar-refractivity contribution in [3.8, 4) is 0 Å². The van der Waals surface area contributed by atoms with Gasteiger partial charge in [0.2, 0.25) is 5.91 Å². The maximum atomic E-state index is 12.1. The van der Waals surface area contributed by atoms with Gasteiger partial charge >= 0.3 is 0 Å². The zero-order chi connectivity index (χ0) is 16.8. The largest absolute Gasteiger partial charge is 0.326 e. The average Bonchev–Trinajstić information content (AvgIpc) is 2.85. The van der Waals surface area contributed by atoms with E-state index in [0.717, 1.165) is 17.1 Å². The van der Waals surface area contributed by atoms with Crippen molar-refractivity contribution in [2.24, 2.45) is 0 Å². The van der Waals surface area contributed by atoms with Crippen molar-refractivity contribution >= 4 is 34.5 Å². The monoisotopic (exact) mass is 332 g/mol. The minimum atomic E-state index is -0.115. The molecule has 2 rings (SSSR count). The summed E-state index contributed by atoms with van der Waals surface area (Å²) >= 11 is 1.73. The van der Waals surface area contributed by atoms with E-state index in [-0.39, 0.29) is 11.8 Å². The summed E-state index contributed by atoms with van der Waals surface area (Å²) in [6.45, 7) is 4.81. The highest BCUT2D eigenvalue weighted by Crippen LogP contribution is 2.14. The zero-order valence-electron chi connectivity index (χ0n) is 13.6. The SMILES string of the molecule is CC(=O)Nc1ccc(NC(=O)C[NH+](C)Cc2sccc2C)cc1. The third-order valence-corrected chi connectivity index (χ3v) is 4.40. The molecule has 122 valence electrons. The van der Waals surface area contributed by atoms with E-state index in [4.69, 9.17) is 0 Å². The number of nitrogens with one attached hydrogen (secondary N) is 3. The van der Waals surface area contributed by atoms with Crippen LogP contribution in [-0.4, -0.2) is 25.4 Å². The third kappa shape index (κ3) is 5.50. The van der Waals surface area contributed by atoms with Crippen LogP contribution < -0.4 is 15.5 Å². The van der Waals surface area contributed by atoms with E-state index in [2.05, 4.69) is 29.0 Å². The predicted molar refractivity (Wildman–Crippen MR) is 93.9 cm³/mol. The molecule has 0 spiro atoms. The number of aryl methyl sites for hydroxylation is 1. The Kier molecular flexibility index (Phi) is 5.90. The standard InChI is InChI=1S/C17H21N3O2S/c1-12-8-9-23-16(12)10-20(3)11-17(22)19-15-6-4-14(5-7-15)18-13(2)21/h4-9H,10-11H2,1-3H3,(H,18,21)(H,19,22)/p+1. The Balaban J connectivity index is 1.84. The fourth-order valence-corrected chi connectivity index (χ4v) is 3.26. The Morgan fingerprint density at radius 2 is 1.70 bits per heavy atom. The van der Waals surface area contributed by atoms with Crippen molar-refractivity contribution in [3.05, 3.63) is 46.2 Å². The minimum Gasteiger partial charge on any atom is -0.326 e. The molecule has 0 aliphatic rings. The molecule has 0 saturated heterocycles. The van der Waals surface area contributed by atoms with E-state index in [0.29, 0.717) is 12.2 Å². The second kappa shape index (κ2) is 7.89. The highest BCUT2D eigenvalue weighted by molar-refractivity contribution is 7.10. The topological polar surface area (TPSA) is 62.6 Å². The summed E-state index contributed by atoms with van der Waals surface area (Å²) in [4.78, 5) is 25.5. The van der Waals surface area contributed by atoms with Crippen LogP contribution in [0.1, 0.15) is 17.4 Å². The van der Waals surface area contributed by atoms with Gasteiger partial charge in [-0.05, 0) is 48.2 Å². The summed E-state index contributed by atoms with van der Waals surface area (Å²) in [7, 11) is 2.01. The molecule has 1 atom stereocenters. The summed E-state index contributed by atoms with van der Waals surface area (Å²) in [5, 5.41) is 7.65. The van der Waals surface area contributed by atoms with Gasteiger partial charge in [-0.2, -0.15) is 0 Å². The molecule has 6 heteroatoms. The molecule has 1 aromatic heterocycles. The van der Waals surface area contributed by atoms with Crippen LogP contribution in [0.2, 0.25) is 0 Å². The fraction of sp³-hybridized carbons (Fsp3) is 0.294. The van der Waals surface area contributed by atoms with Crippen LogP contribution >= 0.6 is 11.3 Å². The summed E-state index contributed by atoms with van der Waals surface area (Å²) in [6.07, 6.45) is 0. The molecule has 0 aliphatic carbocycles. The maximum Gasteiger partial charge on any atom is 0.279 e. The highest BCUT2D eigenvalue weighted by atomic mass is 32.1. The quantitative estimate of drug-likeness (QED) is 0.753. The molecule has 0 saturated carbocycles. The Bertz CT molecular complexity index is 679. The predicted octanol–water partition coefficient (Wildman–Crippen LogP) is 1.67. The molecule has 23 heavy (non-hydrogen) atoms. The first-order valence-electron chi connectivity index (χ1n) is 7.46. The second-order valence-corrected chi connectivity index (χ2v) is 6.64. The van der Waals surface area contributed by atoms with Crippen molar-refractivity contribution in [1.82, 2.24) is 0 Å². The van der Waals surface area contributed by atoms with E-state index in [1.54, 1.807) is 35.6 Å². The molecule has 3 N–H and O–H groups in total. The lowest BCUT2D eigenvalue weighted by atomic mass is 10.2. The van der Waals surface area contributed by atoms with Crippen LogP contribution in [0, 0.1) is 6.92 Å². The Morgan fingerprint density at radius 3 is 2.22 bits per heavy atom. The van der Waals surface area contributed by atoms with Gasteiger partial charge < -0.3 is 15.5 Å². The smallest absolute Gasteiger partial charge is 0.279 e. The van der Waals surface area contributed by atoms with E-state index >= 15 is 0 Å². The first-order valence-corrected chi connectivity index (χ1v) is 8.34. The van der Waals surface area contributed by atoms with Crippen molar-refractivity contribution < 1.29 is 14.5 Å². The number of carbonyl (C=O) groups is 2. The Labute approximate surface area is 140 Å². The van der Waals surface area contributed by atoms with Crippen molar-refractivity contribution in [3.63, 3.8) is 0 Å². The number of amides is 2. The van der Waals surface area contributed by atoms with Gasteiger partial charge in [0.25, 0.3) is 5.91 Å². The molecule has 0 aliphatic heterocycles. The second-order valence-electron chi connectivity index (χ2n) is 5.64. The first-order chi connectivity index (χ1) is 10.9. The lowest BCUT2D eigenvalue weighted by Crippen LogP contribution is -3.08. The Hall–Kier alpha value is -2.18. The molecule has 2 aromatic rings. The van der Waals surface area contributed by atoms with Gasteiger partial charge in [-0.25, -0.2) is 0 Å². The molecule has 0 radical (unpaired) electrons. The average molecular weight is 332 g/mol. The molecular weight excluding hydrogens is 310 g/mol. The van der Waals surface area contributed by atoms with E-state index in [1.165, 1.54) is 17.4 Å². The van der Waals surface area contributed by atoms with Gasteiger partial charge in [-0.3, -0.25) is 9.59 Å². The molecule has 1 unspecified atom stereocenters. The molecular formula is C17H22N3O2S+. The minimum absolute atomic E-state index is 0.0241.